The van der Waals surface area contributed by atoms with Gasteiger partial charge in [-0.3, -0.25) is 9.59 Å². The van der Waals surface area contributed by atoms with Crippen LogP contribution in [0.2, 0.25) is 5.02 Å². The molecule has 21 heavy (non-hydrogen) atoms. The van der Waals surface area contributed by atoms with Gasteiger partial charge in [0.05, 0.1) is 23.8 Å². The number of hydrogen-bond acceptors (Lipinski definition) is 4. The number of carbonyl (C=O) groups is 2. The third-order valence-electron chi connectivity index (χ3n) is 3.50. The largest absolute Gasteiger partial charge is 0.469 e. The molecule has 1 aromatic rings. The van der Waals surface area contributed by atoms with Gasteiger partial charge in [-0.1, -0.05) is 23.7 Å². The van der Waals surface area contributed by atoms with Crippen LogP contribution < -0.4 is 0 Å². The minimum atomic E-state index is -0.230. The molecule has 1 aliphatic heterocycles. The molecule has 1 atom stereocenters. The molecule has 0 aliphatic carbocycles. The fraction of sp³-hybridized carbons (Fsp3) is 0.467. The first-order valence-electron chi connectivity index (χ1n) is 6.84. The molecule has 0 saturated carbocycles. The summed E-state index contributed by atoms with van der Waals surface area (Å²) < 4.78 is 4.76. The Morgan fingerprint density at radius 1 is 1.43 bits per heavy atom. The normalized spacial score (nSPS) is 18.4. The highest BCUT2D eigenvalue weighted by Crippen LogP contribution is 2.27. The van der Waals surface area contributed by atoms with E-state index in [-0.39, 0.29) is 17.8 Å². The predicted octanol–water partition coefficient (Wildman–Crippen LogP) is 2.84. The number of piperidine rings is 1. The summed E-state index contributed by atoms with van der Waals surface area (Å²) in [6, 6.07) is 7.46. The molecule has 1 aromatic carbocycles. The van der Waals surface area contributed by atoms with E-state index in [0.717, 1.165) is 17.7 Å². The summed E-state index contributed by atoms with van der Waals surface area (Å²) in [5.74, 6) is -0.0600. The van der Waals surface area contributed by atoms with E-state index in [1.54, 1.807) is 4.90 Å². The zero-order valence-electron chi connectivity index (χ0n) is 11.9. The second-order valence-electron chi connectivity index (χ2n) is 4.92. The molecule has 6 heteroatoms. The molecule has 2 rings (SSSR count). The molecule has 1 saturated heterocycles. The number of halogens is 1. The molecule has 1 aliphatic rings. The quantitative estimate of drug-likeness (QED) is 0.630. The molecular weight excluding hydrogens is 310 g/mol. The van der Waals surface area contributed by atoms with Crippen molar-refractivity contribution in [3.63, 3.8) is 0 Å². The first-order chi connectivity index (χ1) is 10.1. The van der Waals surface area contributed by atoms with E-state index in [1.807, 2.05) is 24.3 Å². The molecule has 0 radical (unpaired) electrons. The third kappa shape index (κ3) is 4.38. The van der Waals surface area contributed by atoms with Gasteiger partial charge in [-0.15, -0.1) is 11.8 Å². The summed E-state index contributed by atoms with van der Waals surface area (Å²) in [6.07, 6.45) is 1.62. The van der Waals surface area contributed by atoms with E-state index in [9.17, 15) is 9.59 Å². The lowest BCUT2D eigenvalue weighted by Gasteiger charge is -2.31. The second-order valence-corrected chi connectivity index (χ2v) is 6.35. The fourth-order valence-corrected chi connectivity index (χ4v) is 3.50. The highest BCUT2D eigenvalue weighted by molar-refractivity contribution is 8.00. The van der Waals surface area contributed by atoms with Gasteiger partial charge in [0.25, 0.3) is 0 Å². The zero-order chi connectivity index (χ0) is 15.2. The Morgan fingerprint density at radius 2 is 2.19 bits per heavy atom. The highest BCUT2D eigenvalue weighted by Gasteiger charge is 2.28. The van der Waals surface area contributed by atoms with Crippen molar-refractivity contribution in [1.82, 2.24) is 4.90 Å². The van der Waals surface area contributed by atoms with Crippen LogP contribution in [-0.4, -0.2) is 42.7 Å². The van der Waals surface area contributed by atoms with E-state index < -0.39 is 0 Å². The number of methoxy groups -OCH3 is 1. The lowest BCUT2D eigenvalue weighted by Crippen LogP contribution is -2.43. The number of amides is 1. The molecular formula is C15H18ClNO3S. The number of thioether (sulfide) groups is 1. The Hall–Kier alpha value is -1.20. The molecule has 0 spiro atoms. The molecule has 114 valence electrons. The standard InChI is InChI=1S/C15H18ClNO3S/c1-20-15(19)11-5-4-8-17(9-11)14(18)10-21-13-7-3-2-6-12(13)16/h2-3,6-7,11H,4-5,8-10H2,1H3/t11-/m0/s1. The van der Waals surface area contributed by atoms with Gasteiger partial charge in [0.15, 0.2) is 0 Å². The van der Waals surface area contributed by atoms with Crippen molar-refractivity contribution in [3.8, 4) is 0 Å². The van der Waals surface area contributed by atoms with Crippen molar-refractivity contribution in [2.24, 2.45) is 5.92 Å². The summed E-state index contributed by atoms with van der Waals surface area (Å²) in [6.45, 7) is 1.16. The van der Waals surface area contributed by atoms with Crippen molar-refractivity contribution in [2.45, 2.75) is 17.7 Å². The van der Waals surface area contributed by atoms with Crippen LogP contribution in [-0.2, 0) is 14.3 Å². The summed E-state index contributed by atoms with van der Waals surface area (Å²) in [5, 5.41) is 0.654. The first kappa shape index (κ1) is 16.2. The van der Waals surface area contributed by atoms with E-state index in [1.165, 1.54) is 18.9 Å². The van der Waals surface area contributed by atoms with Crippen molar-refractivity contribution in [1.29, 1.82) is 0 Å². The van der Waals surface area contributed by atoms with Crippen LogP contribution >= 0.6 is 23.4 Å². The van der Waals surface area contributed by atoms with Crippen LogP contribution in [0.4, 0.5) is 0 Å². The van der Waals surface area contributed by atoms with Gasteiger partial charge in [0.2, 0.25) is 5.91 Å². The van der Waals surface area contributed by atoms with Crippen LogP contribution in [0, 0.1) is 5.92 Å². The lowest BCUT2D eigenvalue weighted by atomic mass is 9.98. The number of benzene rings is 1. The first-order valence-corrected chi connectivity index (χ1v) is 8.21. The Kier molecular flexibility index (Phi) is 5.94. The van der Waals surface area contributed by atoms with Crippen LogP contribution in [0.15, 0.2) is 29.2 Å². The number of esters is 1. The minimum absolute atomic E-state index is 0.0357. The topological polar surface area (TPSA) is 46.6 Å². The Balaban J connectivity index is 1.88. The van der Waals surface area contributed by atoms with Crippen LogP contribution in [0.25, 0.3) is 0 Å². The lowest BCUT2D eigenvalue weighted by molar-refractivity contribution is -0.148. The van der Waals surface area contributed by atoms with E-state index in [0.29, 0.717) is 23.9 Å². The Morgan fingerprint density at radius 3 is 2.90 bits per heavy atom. The molecule has 0 aromatic heterocycles. The SMILES string of the molecule is COC(=O)[C@H]1CCCN(C(=O)CSc2ccccc2Cl)C1. The van der Waals surface area contributed by atoms with Crippen LogP contribution in [0.5, 0.6) is 0 Å². The Labute approximate surface area is 133 Å². The molecule has 1 heterocycles. The van der Waals surface area contributed by atoms with Gasteiger partial charge in [-0.05, 0) is 25.0 Å². The average molecular weight is 328 g/mol. The predicted molar refractivity (Wildman–Crippen MR) is 83.5 cm³/mol. The van der Waals surface area contributed by atoms with Crippen molar-refractivity contribution >= 4 is 35.2 Å². The maximum Gasteiger partial charge on any atom is 0.310 e. The molecule has 1 fully saturated rings. The fourth-order valence-electron chi connectivity index (χ4n) is 2.36. The number of carbonyl (C=O) groups excluding carboxylic acids is 2. The number of ether oxygens (including phenoxy) is 1. The monoisotopic (exact) mass is 327 g/mol. The smallest absolute Gasteiger partial charge is 0.310 e. The average Bonchev–Trinajstić information content (AvgIpc) is 2.53. The minimum Gasteiger partial charge on any atom is -0.469 e. The number of hydrogen-bond donors (Lipinski definition) is 0. The summed E-state index contributed by atoms with van der Waals surface area (Å²) in [7, 11) is 1.39. The van der Waals surface area contributed by atoms with Gasteiger partial charge in [-0.25, -0.2) is 0 Å². The van der Waals surface area contributed by atoms with Crippen molar-refractivity contribution < 1.29 is 14.3 Å². The number of nitrogens with zero attached hydrogens (tertiary/aromatic N) is 1. The summed E-state index contributed by atoms with van der Waals surface area (Å²) >= 11 is 7.49. The van der Waals surface area contributed by atoms with Crippen LogP contribution in [0.3, 0.4) is 0 Å². The number of rotatable bonds is 4. The van der Waals surface area contributed by atoms with Gasteiger partial charge >= 0.3 is 5.97 Å². The van der Waals surface area contributed by atoms with E-state index in [4.69, 9.17) is 16.3 Å². The highest BCUT2D eigenvalue weighted by atomic mass is 35.5. The third-order valence-corrected chi connectivity index (χ3v) is 5.00. The molecule has 0 bridgehead atoms. The van der Waals surface area contributed by atoms with Crippen LogP contribution in [0.1, 0.15) is 12.8 Å². The van der Waals surface area contributed by atoms with E-state index >= 15 is 0 Å². The summed E-state index contributed by atoms with van der Waals surface area (Å²) in [5.41, 5.74) is 0. The van der Waals surface area contributed by atoms with Gasteiger partial charge in [-0.2, -0.15) is 0 Å². The van der Waals surface area contributed by atoms with Gasteiger partial charge in [0.1, 0.15) is 0 Å². The van der Waals surface area contributed by atoms with Gasteiger partial charge < -0.3 is 9.64 Å². The molecule has 1 amide bonds. The zero-order valence-corrected chi connectivity index (χ0v) is 13.5. The molecule has 0 unspecified atom stereocenters. The van der Waals surface area contributed by atoms with Crippen molar-refractivity contribution in [3.05, 3.63) is 29.3 Å². The summed E-state index contributed by atoms with van der Waals surface area (Å²) in [4.78, 5) is 26.5. The molecule has 0 N–H and O–H groups in total. The second kappa shape index (κ2) is 7.71. The maximum absolute atomic E-state index is 12.2. The van der Waals surface area contributed by atoms with E-state index in [2.05, 4.69) is 0 Å². The van der Waals surface area contributed by atoms with Crippen molar-refractivity contribution in [2.75, 3.05) is 26.0 Å². The number of likely N-dealkylation sites (tertiary alicyclic amines) is 1. The maximum atomic E-state index is 12.2. The molecule has 4 nitrogen and oxygen atoms in total. The Bertz CT molecular complexity index is 523. The van der Waals surface area contributed by atoms with Gasteiger partial charge in [0, 0.05) is 18.0 Å².